The van der Waals surface area contributed by atoms with Gasteiger partial charge in [0.1, 0.15) is 0 Å². The fourth-order valence-corrected chi connectivity index (χ4v) is 2.73. The molecule has 1 fully saturated rings. The van der Waals surface area contributed by atoms with Crippen LogP contribution in [0.1, 0.15) is 0 Å². The average Bonchev–Trinajstić information content (AvgIpc) is 2.23. The van der Waals surface area contributed by atoms with Crippen LogP contribution in [-0.4, -0.2) is 37.6 Å². The Morgan fingerprint density at radius 2 is 2.11 bits per heavy atom. The summed E-state index contributed by atoms with van der Waals surface area (Å²) in [6, 6.07) is 2.74. The maximum atomic E-state index is 11.9. The zero-order valence-corrected chi connectivity index (χ0v) is 9.98. The van der Waals surface area contributed by atoms with Crippen molar-refractivity contribution >= 4 is 15.7 Å². The second-order valence-corrected chi connectivity index (χ2v) is 5.60. The minimum atomic E-state index is -3.80. The van der Waals surface area contributed by atoms with E-state index in [0.717, 1.165) is 18.2 Å². The van der Waals surface area contributed by atoms with E-state index in [1.807, 2.05) is 0 Å². The lowest BCUT2D eigenvalue weighted by Gasteiger charge is -2.27. The molecule has 98 valence electrons. The Labute approximate surface area is 103 Å². The van der Waals surface area contributed by atoms with Crippen molar-refractivity contribution in [3.63, 3.8) is 0 Å². The molecule has 1 aromatic rings. The van der Waals surface area contributed by atoms with Gasteiger partial charge in [-0.2, -0.15) is 0 Å². The van der Waals surface area contributed by atoms with Gasteiger partial charge in [-0.3, -0.25) is 10.1 Å². The third-order valence-corrected chi connectivity index (χ3v) is 4.08. The summed E-state index contributed by atoms with van der Waals surface area (Å²) in [6.45, 7) is 1.05. The zero-order valence-electron chi connectivity index (χ0n) is 9.16. The Kier molecular flexibility index (Phi) is 3.20. The van der Waals surface area contributed by atoms with Crippen molar-refractivity contribution in [1.29, 1.82) is 0 Å². The quantitative estimate of drug-likeness (QED) is 0.504. The number of sulfonamides is 1. The number of phenols is 1. The van der Waals surface area contributed by atoms with Crippen LogP contribution in [0.2, 0.25) is 0 Å². The summed E-state index contributed by atoms with van der Waals surface area (Å²) in [4.78, 5) is 9.54. The molecule has 0 spiro atoms. The molecule has 0 atom stereocenters. The monoisotopic (exact) mass is 273 g/mol. The normalized spacial score (nSPS) is 16.2. The number of rotatable bonds is 4. The fraction of sp³-hybridized carbons (Fsp3) is 0.333. The predicted octanol–water partition coefficient (Wildman–Crippen LogP) is -0.449. The van der Waals surface area contributed by atoms with E-state index in [-0.39, 0.29) is 10.9 Å². The first-order valence-electron chi connectivity index (χ1n) is 5.10. The first-order valence-corrected chi connectivity index (χ1v) is 6.59. The van der Waals surface area contributed by atoms with Crippen molar-refractivity contribution in [1.82, 2.24) is 10.0 Å². The highest BCUT2D eigenvalue weighted by molar-refractivity contribution is 7.89. The van der Waals surface area contributed by atoms with Gasteiger partial charge in [0.15, 0.2) is 5.75 Å². The van der Waals surface area contributed by atoms with Gasteiger partial charge >= 0.3 is 5.69 Å². The molecule has 1 aliphatic heterocycles. The molecule has 1 heterocycles. The number of benzene rings is 1. The molecule has 18 heavy (non-hydrogen) atoms. The van der Waals surface area contributed by atoms with E-state index in [0.29, 0.717) is 13.1 Å². The Morgan fingerprint density at radius 1 is 1.44 bits per heavy atom. The van der Waals surface area contributed by atoms with E-state index < -0.39 is 26.4 Å². The molecule has 1 aliphatic rings. The molecule has 2 rings (SSSR count). The van der Waals surface area contributed by atoms with Crippen LogP contribution in [0.4, 0.5) is 5.69 Å². The topological polar surface area (TPSA) is 122 Å². The Hall–Kier alpha value is -1.71. The maximum absolute atomic E-state index is 11.9. The fourth-order valence-electron chi connectivity index (χ4n) is 1.48. The van der Waals surface area contributed by atoms with E-state index >= 15 is 0 Å². The predicted molar refractivity (Wildman–Crippen MR) is 61.7 cm³/mol. The summed E-state index contributed by atoms with van der Waals surface area (Å²) < 4.78 is 26.2. The van der Waals surface area contributed by atoms with Crippen LogP contribution >= 0.6 is 0 Å². The number of phenolic OH excluding ortho intramolecular Hbond substituents is 1. The van der Waals surface area contributed by atoms with Crippen LogP contribution in [0.15, 0.2) is 23.1 Å². The molecular weight excluding hydrogens is 262 g/mol. The van der Waals surface area contributed by atoms with Gasteiger partial charge in [0.25, 0.3) is 0 Å². The summed E-state index contributed by atoms with van der Waals surface area (Å²) in [5.74, 6) is -0.565. The number of nitrogens with one attached hydrogen (secondary N) is 2. The standard InChI is InChI=1S/C9H11N3O5S/c13-9-2-1-7(3-8(9)12(14)15)18(16,17)11-6-4-10-5-6/h1-3,6,10-11,13H,4-5H2. The molecule has 3 N–H and O–H groups in total. The Balaban J connectivity index is 2.32. The SMILES string of the molecule is O=[N+]([O-])c1cc(S(=O)(=O)NC2CNC2)ccc1O. The van der Waals surface area contributed by atoms with Gasteiger partial charge in [-0.05, 0) is 12.1 Å². The van der Waals surface area contributed by atoms with Crippen LogP contribution in [0.5, 0.6) is 5.75 Å². The summed E-state index contributed by atoms with van der Waals surface area (Å²) in [6.07, 6.45) is 0. The Morgan fingerprint density at radius 3 is 2.61 bits per heavy atom. The second-order valence-electron chi connectivity index (χ2n) is 3.88. The lowest BCUT2D eigenvalue weighted by molar-refractivity contribution is -0.386. The molecular formula is C9H11N3O5S. The largest absolute Gasteiger partial charge is 0.502 e. The average molecular weight is 273 g/mol. The summed E-state index contributed by atoms with van der Waals surface area (Å²) in [5, 5.41) is 22.8. The van der Waals surface area contributed by atoms with Crippen molar-refractivity contribution in [2.45, 2.75) is 10.9 Å². The molecule has 0 aliphatic carbocycles. The molecule has 0 amide bonds. The van der Waals surface area contributed by atoms with E-state index in [9.17, 15) is 23.6 Å². The van der Waals surface area contributed by atoms with Crippen LogP contribution in [0, 0.1) is 10.1 Å². The second kappa shape index (κ2) is 4.52. The number of nitro groups is 1. The first kappa shape index (κ1) is 12.7. The van der Waals surface area contributed by atoms with Gasteiger partial charge in [-0.25, -0.2) is 13.1 Å². The molecule has 1 saturated heterocycles. The zero-order chi connectivity index (χ0) is 13.3. The van der Waals surface area contributed by atoms with E-state index in [4.69, 9.17) is 0 Å². The van der Waals surface area contributed by atoms with Crippen molar-refractivity contribution in [2.75, 3.05) is 13.1 Å². The third kappa shape index (κ3) is 2.42. The minimum Gasteiger partial charge on any atom is -0.502 e. The van der Waals surface area contributed by atoms with Crippen LogP contribution < -0.4 is 10.0 Å². The highest BCUT2D eigenvalue weighted by atomic mass is 32.2. The molecule has 0 aromatic heterocycles. The van der Waals surface area contributed by atoms with E-state index in [1.54, 1.807) is 0 Å². The van der Waals surface area contributed by atoms with Crippen molar-refractivity contribution in [3.8, 4) is 5.75 Å². The summed E-state index contributed by atoms with van der Waals surface area (Å²) >= 11 is 0. The molecule has 0 unspecified atom stereocenters. The lowest BCUT2D eigenvalue weighted by Crippen LogP contribution is -2.56. The minimum absolute atomic E-state index is 0.206. The highest BCUT2D eigenvalue weighted by Gasteiger charge is 2.26. The summed E-state index contributed by atoms with van der Waals surface area (Å²) in [5.41, 5.74) is -0.635. The van der Waals surface area contributed by atoms with Gasteiger partial charge in [-0.1, -0.05) is 0 Å². The van der Waals surface area contributed by atoms with Gasteiger partial charge in [-0.15, -0.1) is 0 Å². The number of aromatic hydroxyl groups is 1. The smallest absolute Gasteiger partial charge is 0.312 e. The molecule has 0 bridgehead atoms. The lowest BCUT2D eigenvalue weighted by atomic mass is 10.2. The van der Waals surface area contributed by atoms with E-state index in [2.05, 4.69) is 10.0 Å². The van der Waals surface area contributed by atoms with Gasteiger partial charge in [0.05, 0.1) is 9.82 Å². The molecule has 1 aromatic carbocycles. The number of hydrogen-bond acceptors (Lipinski definition) is 6. The van der Waals surface area contributed by atoms with Crippen molar-refractivity contribution < 1.29 is 18.4 Å². The molecule has 0 radical (unpaired) electrons. The number of nitro benzene ring substituents is 1. The van der Waals surface area contributed by atoms with Crippen molar-refractivity contribution in [3.05, 3.63) is 28.3 Å². The van der Waals surface area contributed by atoms with Gasteiger partial charge < -0.3 is 10.4 Å². The van der Waals surface area contributed by atoms with Crippen LogP contribution in [0.3, 0.4) is 0 Å². The summed E-state index contributed by atoms with van der Waals surface area (Å²) in [7, 11) is -3.80. The molecule has 9 heteroatoms. The van der Waals surface area contributed by atoms with Crippen LogP contribution in [-0.2, 0) is 10.0 Å². The first-order chi connectivity index (χ1) is 8.40. The number of nitrogens with zero attached hydrogens (tertiary/aromatic N) is 1. The van der Waals surface area contributed by atoms with Gasteiger partial charge in [0, 0.05) is 25.2 Å². The Bertz CT molecular complexity index is 582. The van der Waals surface area contributed by atoms with Crippen molar-refractivity contribution in [2.24, 2.45) is 0 Å². The molecule has 0 saturated carbocycles. The molecule has 8 nitrogen and oxygen atoms in total. The van der Waals surface area contributed by atoms with Crippen LogP contribution in [0.25, 0.3) is 0 Å². The van der Waals surface area contributed by atoms with Gasteiger partial charge in [0.2, 0.25) is 10.0 Å². The number of hydrogen-bond donors (Lipinski definition) is 3. The van der Waals surface area contributed by atoms with E-state index in [1.165, 1.54) is 0 Å². The third-order valence-electron chi connectivity index (χ3n) is 2.56. The highest BCUT2D eigenvalue weighted by Crippen LogP contribution is 2.28. The maximum Gasteiger partial charge on any atom is 0.312 e.